The van der Waals surface area contributed by atoms with Crippen LogP contribution in [0, 0.1) is 44.0 Å². The Kier molecular flexibility index (Phi) is 19.2. The number of hydrogen-bond donors (Lipinski definition) is 0. The number of halogens is 4. The van der Waals surface area contributed by atoms with Gasteiger partial charge in [0.1, 0.15) is 5.82 Å². The van der Waals surface area contributed by atoms with E-state index >= 15 is 0 Å². The summed E-state index contributed by atoms with van der Waals surface area (Å²) >= 11 is 0. The van der Waals surface area contributed by atoms with Gasteiger partial charge < -0.3 is 0 Å². The van der Waals surface area contributed by atoms with E-state index in [1.54, 1.807) is 30.3 Å². The van der Waals surface area contributed by atoms with Crippen molar-refractivity contribution in [2.75, 3.05) is 0 Å². The molecule has 0 bridgehead atoms. The third-order valence-electron chi connectivity index (χ3n) is 2.90. The average molecular weight is 897 g/mol. The monoisotopic (exact) mass is 897 g/mol. The van der Waals surface area contributed by atoms with Crippen molar-refractivity contribution in [3.8, 4) is 0 Å². The van der Waals surface area contributed by atoms with Crippen LogP contribution in [0.25, 0.3) is 0 Å². The molecule has 0 amide bonds. The van der Waals surface area contributed by atoms with Crippen molar-refractivity contribution in [1.29, 1.82) is 0 Å². The normalized spacial score (nSPS) is 8.29. The molecule has 0 saturated carbocycles. The second kappa shape index (κ2) is 17.0. The summed E-state index contributed by atoms with van der Waals surface area (Å²) in [6.07, 6.45) is 0. The van der Waals surface area contributed by atoms with Crippen molar-refractivity contribution in [2.24, 2.45) is 0 Å². The summed E-state index contributed by atoms with van der Waals surface area (Å²) in [5.41, 5.74) is 1.38. The molecule has 0 aromatic heterocycles. The first kappa shape index (κ1) is 31.7. The quantitative estimate of drug-likeness (QED) is 0.188. The molecule has 7 heteroatoms. The zero-order chi connectivity index (χ0) is 18.8. The molecule has 0 radical (unpaired) electrons. The Morgan fingerprint density at radius 1 is 0.500 bits per heavy atom. The fraction of sp³-hybridized carbons (Fsp3) is 0. The number of hydrogen-bond acceptors (Lipinski definition) is 0. The first-order chi connectivity index (χ1) is 11.8. The Morgan fingerprint density at radius 3 is 1.32 bits per heavy atom. The second-order valence-electron chi connectivity index (χ2n) is 4.93. The Morgan fingerprint density at radius 2 is 0.964 bits per heavy atom. The van der Waals surface area contributed by atoms with Gasteiger partial charge in [0.05, 0.1) is 11.6 Å². The van der Waals surface area contributed by atoms with Crippen molar-refractivity contribution in [1.82, 2.24) is 0 Å². The second-order valence-corrected chi connectivity index (χ2v) is 4.93. The molecule has 0 aliphatic carbocycles. The minimum atomic E-state index is -0.863. The van der Waals surface area contributed by atoms with Crippen LogP contribution in [0.2, 0.25) is 0 Å². The van der Waals surface area contributed by atoms with Crippen molar-refractivity contribution < 1.29 is 80.8 Å². The van der Waals surface area contributed by atoms with Gasteiger partial charge >= 0.3 is 0 Å². The third-order valence-corrected chi connectivity index (χ3v) is 2.90. The van der Waals surface area contributed by atoms with E-state index in [0.29, 0.717) is 5.56 Å². The first-order valence-corrected chi connectivity index (χ1v) is 7.21. The molecule has 0 unspecified atom stereocenters. The van der Waals surface area contributed by atoms with Gasteiger partial charge in [-0.15, -0.1) is 12.1 Å². The third kappa shape index (κ3) is 12.5. The zero-order valence-electron chi connectivity index (χ0n) is 14.7. The van der Waals surface area contributed by atoms with E-state index in [4.69, 9.17) is 0 Å². The molecule has 3 aromatic carbocycles. The molecule has 0 fully saturated rings. The maximum Gasteiger partial charge on any atom is 0.102 e. The number of rotatable bonds is 0. The summed E-state index contributed by atoms with van der Waals surface area (Å²) in [5.74, 6) is -2.16. The van der Waals surface area contributed by atoms with E-state index < -0.39 is 11.6 Å². The molecular formula is C21H17F4W3-3. The van der Waals surface area contributed by atoms with Crippen LogP contribution in [0.15, 0.2) is 66.7 Å². The fourth-order valence-corrected chi connectivity index (χ4v) is 1.53. The van der Waals surface area contributed by atoms with Crippen LogP contribution in [-0.4, -0.2) is 0 Å². The van der Waals surface area contributed by atoms with Gasteiger partial charge in [-0.05, 0) is 6.07 Å². The van der Waals surface area contributed by atoms with E-state index in [-0.39, 0.29) is 80.4 Å². The maximum atomic E-state index is 12.3. The molecule has 0 aliphatic rings. The van der Waals surface area contributed by atoms with Gasteiger partial charge in [0.2, 0.25) is 0 Å². The molecular weight excluding hydrogens is 880 g/mol. The number of benzene rings is 3. The average Bonchev–Trinajstić information content (AvgIpc) is 2.59. The van der Waals surface area contributed by atoms with Crippen LogP contribution in [-0.2, 0) is 63.2 Å². The first-order valence-electron chi connectivity index (χ1n) is 7.21. The Labute approximate surface area is 206 Å². The molecule has 0 atom stereocenters. The van der Waals surface area contributed by atoms with Gasteiger partial charge in [-0.2, -0.15) is 61.7 Å². The minimum Gasteiger partial charge on any atom is -0.284 e. The van der Waals surface area contributed by atoms with Crippen LogP contribution < -0.4 is 0 Å². The standard InChI is InChI=1S/C7H5F2.2C7H6F.3W/c1-5-3-2-4-6(8)7(5)9;1-6-2-4-7(8)5-3-6;1-6-4-2-3-5-7(6)8;;;/h2-4H,1H2;2*2-5H,1H2;;;/q3*-1;;;. The van der Waals surface area contributed by atoms with Crippen LogP contribution >= 0.6 is 0 Å². The largest absolute Gasteiger partial charge is 0.284 e. The summed E-state index contributed by atoms with van der Waals surface area (Å²) in [6.45, 7) is 10.3. The van der Waals surface area contributed by atoms with E-state index in [1.165, 1.54) is 30.3 Å². The van der Waals surface area contributed by atoms with Crippen molar-refractivity contribution in [2.45, 2.75) is 0 Å². The molecule has 3 rings (SSSR count). The minimum absolute atomic E-state index is 0. The van der Waals surface area contributed by atoms with E-state index in [0.717, 1.165) is 11.6 Å². The molecule has 0 saturated heterocycles. The predicted octanol–water partition coefficient (Wildman–Crippen LogP) is 6.16. The molecule has 0 N–H and O–H groups in total. The topological polar surface area (TPSA) is 0 Å². The maximum absolute atomic E-state index is 12.3. The van der Waals surface area contributed by atoms with Crippen molar-refractivity contribution >= 4 is 0 Å². The Hall–Kier alpha value is -0.945. The molecule has 0 heterocycles. The van der Waals surface area contributed by atoms with Crippen LogP contribution in [0.3, 0.4) is 0 Å². The molecule has 0 aliphatic heterocycles. The van der Waals surface area contributed by atoms with Gasteiger partial charge in [-0.25, -0.2) is 8.78 Å². The van der Waals surface area contributed by atoms with Crippen LogP contribution in [0.5, 0.6) is 0 Å². The van der Waals surface area contributed by atoms with E-state index in [1.807, 2.05) is 0 Å². The SMILES string of the molecule is [CH2-]c1ccc(F)cc1.[CH2-]c1cccc(F)c1F.[CH2-]c1ccccc1F.[W].[W].[W]. The molecule has 0 nitrogen and oxygen atoms in total. The zero-order valence-corrected chi connectivity index (χ0v) is 23.5. The molecule has 28 heavy (non-hydrogen) atoms. The summed E-state index contributed by atoms with van der Waals surface area (Å²) in [5, 5.41) is 0. The van der Waals surface area contributed by atoms with Gasteiger partial charge in [0, 0.05) is 69.0 Å². The molecule has 3 aromatic rings. The summed E-state index contributed by atoms with van der Waals surface area (Å²) < 4.78 is 48.8. The van der Waals surface area contributed by atoms with Gasteiger partial charge in [-0.3, -0.25) is 8.78 Å². The van der Waals surface area contributed by atoms with Gasteiger partial charge in [0.25, 0.3) is 0 Å². The summed E-state index contributed by atoms with van der Waals surface area (Å²) in [4.78, 5) is 0. The predicted molar refractivity (Wildman–Crippen MR) is 92.5 cm³/mol. The van der Waals surface area contributed by atoms with E-state index in [2.05, 4.69) is 20.8 Å². The summed E-state index contributed by atoms with van der Waals surface area (Å²) in [7, 11) is 0. The smallest absolute Gasteiger partial charge is 0.102 e. The van der Waals surface area contributed by atoms with Gasteiger partial charge in [0.15, 0.2) is 0 Å². The van der Waals surface area contributed by atoms with Crippen molar-refractivity contribution in [3.05, 3.63) is 127 Å². The summed E-state index contributed by atoms with van der Waals surface area (Å²) in [6, 6.07) is 16.4. The molecule has 150 valence electrons. The van der Waals surface area contributed by atoms with Crippen LogP contribution in [0.4, 0.5) is 17.6 Å². The Balaban J connectivity index is -0.000000318. The fourth-order valence-electron chi connectivity index (χ4n) is 1.53. The van der Waals surface area contributed by atoms with Crippen molar-refractivity contribution in [3.63, 3.8) is 0 Å². The van der Waals surface area contributed by atoms with E-state index in [9.17, 15) is 17.6 Å². The van der Waals surface area contributed by atoms with Crippen LogP contribution in [0.1, 0.15) is 16.7 Å². The Bertz CT molecular complexity index is 732. The van der Waals surface area contributed by atoms with Gasteiger partial charge in [-0.1, -0.05) is 24.3 Å². The molecule has 0 spiro atoms.